The van der Waals surface area contributed by atoms with Gasteiger partial charge in [-0.05, 0) is 12.8 Å². The predicted molar refractivity (Wildman–Crippen MR) is 69.3 cm³/mol. The van der Waals surface area contributed by atoms with Crippen LogP contribution < -0.4 is 5.32 Å². The van der Waals surface area contributed by atoms with Crippen molar-refractivity contribution in [2.45, 2.75) is 31.9 Å². The standard InChI is InChI=1S/C12H18N4O5/c17-11(18)3-6-20-9-1-4-16(5-2-9)12(19)13-7-10-14-8-21-15-10/h8-9H,1-7H2,(H,13,19)(H,17,18). The smallest absolute Gasteiger partial charge is 0.317 e. The van der Waals surface area contributed by atoms with E-state index in [4.69, 9.17) is 9.84 Å². The van der Waals surface area contributed by atoms with E-state index in [0.717, 1.165) is 0 Å². The molecular weight excluding hydrogens is 280 g/mol. The largest absolute Gasteiger partial charge is 0.481 e. The molecule has 1 saturated heterocycles. The third-order valence-electron chi connectivity index (χ3n) is 3.20. The normalized spacial score (nSPS) is 15.9. The summed E-state index contributed by atoms with van der Waals surface area (Å²) in [4.78, 5) is 27.8. The molecular formula is C12H18N4O5. The second kappa shape index (κ2) is 7.58. The van der Waals surface area contributed by atoms with E-state index < -0.39 is 5.97 Å². The van der Waals surface area contributed by atoms with E-state index in [1.54, 1.807) is 4.90 Å². The first-order valence-corrected chi connectivity index (χ1v) is 6.76. The quantitative estimate of drug-likeness (QED) is 0.772. The number of ether oxygens (including phenoxy) is 1. The molecule has 0 aliphatic carbocycles. The number of rotatable bonds is 6. The number of piperidine rings is 1. The zero-order chi connectivity index (χ0) is 15.1. The Morgan fingerprint density at radius 2 is 2.24 bits per heavy atom. The molecule has 1 aliphatic rings. The number of hydrogen-bond acceptors (Lipinski definition) is 6. The van der Waals surface area contributed by atoms with E-state index >= 15 is 0 Å². The molecule has 1 fully saturated rings. The minimum Gasteiger partial charge on any atom is -0.481 e. The van der Waals surface area contributed by atoms with Crippen LogP contribution in [0.1, 0.15) is 25.1 Å². The fraction of sp³-hybridized carbons (Fsp3) is 0.667. The van der Waals surface area contributed by atoms with Gasteiger partial charge in [0.1, 0.15) is 0 Å². The number of urea groups is 1. The molecule has 1 aromatic heterocycles. The summed E-state index contributed by atoms with van der Waals surface area (Å²) in [7, 11) is 0. The summed E-state index contributed by atoms with van der Waals surface area (Å²) in [5.41, 5.74) is 0. The van der Waals surface area contributed by atoms with Gasteiger partial charge in [0.15, 0.2) is 5.82 Å². The van der Waals surface area contributed by atoms with Crippen LogP contribution in [0.25, 0.3) is 0 Å². The van der Waals surface area contributed by atoms with E-state index in [1.807, 2.05) is 0 Å². The molecule has 2 N–H and O–H groups in total. The molecule has 0 spiro atoms. The number of nitrogens with one attached hydrogen (secondary N) is 1. The molecule has 2 rings (SSSR count). The summed E-state index contributed by atoms with van der Waals surface area (Å²) in [5, 5.41) is 14.9. The molecule has 1 aromatic rings. The maximum atomic E-state index is 11.9. The molecule has 0 radical (unpaired) electrons. The topological polar surface area (TPSA) is 118 Å². The van der Waals surface area contributed by atoms with Gasteiger partial charge in [-0.25, -0.2) is 4.79 Å². The minimum atomic E-state index is -0.867. The van der Waals surface area contributed by atoms with Crippen molar-refractivity contribution in [2.24, 2.45) is 0 Å². The van der Waals surface area contributed by atoms with Crippen molar-refractivity contribution in [3.63, 3.8) is 0 Å². The highest BCUT2D eigenvalue weighted by molar-refractivity contribution is 5.74. The summed E-state index contributed by atoms with van der Waals surface area (Å²) in [6, 6.07) is -0.177. The van der Waals surface area contributed by atoms with Crippen LogP contribution in [-0.4, -0.2) is 57.9 Å². The average Bonchev–Trinajstić information content (AvgIpc) is 2.98. The first-order valence-electron chi connectivity index (χ1n) is 6.76. The predicted octanol–water partition coefficient (Wildman–Crippen LogP) is 0.235. The van der Waals surface area contributed by atoms with Gasteiger partial charge in [-0.2, -0.15) is 4.98 Å². The first kappa shape index (κ1) is 15.2. The monoisotopic (exact) mass is 298 g/mol. The van der Waals surface area contributed by atoms with E-state index in [-0.39, 0.29) is 31.7 Å². The summed E-state index contributed by atoms with van der Waals surface area (Å²) >= 11 is 0. The lowest BCUT2D eigenvalue weighted by molar-refractivity contribution is -0.138. The van der Waals surface area contributed by atoms with Crippen LogP contribution in [-0.2, 0) is 16.1 Å². The Labute approximate surface area is 121 Å². The van der Waals surface area contributed by atoms with Crippen LogP contribution in [0.3, 0.4) is 0 Å². The lowest BCUT2D eigenvalue weighted by Gasteiger charge is -2.31. The molecule has 0 atom stereocenters. The van der Waals surface area contributed by atoms with Gasteiger partial charge in [-0.15, -0.1) is 0 Å². The van der Waals surface area contributed by atoms with Crippen molar-refractivity contribution in [2.75, 3.05) is 19.7 Å². The van der Waals surface area contributed by atoms with Gasteiger partial charge in [0, 0.05) is 13.1 Å². The van der Waals surface area contributed by atoms with Crippen molar-refractivity contribution in [1.82, 2.24) is 20.4 Å². The Morgan fingerprint density at radius 3 is 2.86 bits per heavy atom. The van der Waals surface area contributed by atoms with Crippen molar-refractivity contribution in [3.05, 3.63) is 12.2 Å². The molecule has 1 aliphatic heterocycles. The van der Waals surface area contributed by atoms with Crippen molar-refractivity contribution in [3.8, 4) is 0 Å². The SMILES string of the molecule is O=C(O)CCOC1CCN(C(=O)NCc2ncon2)CC1. The second-order valence-electron chi connectivity index (χ2n) is 4.71. The fourth-order valence-electron chi connectivity index (χ4n) is 2.08. The van der Waals surface area contributed by atoms with Gasteiger partial charge < -0.3 is 24.6 Å². The van der Waals surface area contributed by atoms with Crippen LogP contribution in [0.15, 0.2) is 10.9 Å². The molecule has 0 aromatic carbocycles. The number of amides is 2. The molecule has 9 nitrogen and oxygen atoms in total. The molecule has 0 bridgehead atoms. The summed E-state index contributed by atoms with van der Waals surface area (Å²) in [6.45, 7) is 1.60. The van der Waals surface area contributed by atoms with Gasteiger partial charge in [0.2, 0.25) is 6.39 Å². The third-order valence-corrected chi connectivity index (χ3v) is 3.20. The molecule has 116 valence electrons. The van der Waals surface area contributed by atoms with Crippen LogP contribution in [0.4, 0.5) is 4.79 Å². The molecule has 21 heavy (non-hydrogen) atoms. The van der Waals surface area contributed by atoms with Crippen molar-refractivity contribution >= 4 is 12.0 Å². The number of nitrogens with zero attached hydrogens (tertiary/aromatic N) is 3. The zero-order valence-corrected chi connectivity index (χ0v) is 11.5. The van der Waals surface area contributed by atoms with Gasteiger partial charge in [0.25, 0.3) is 0 Å². The number of carbonyl (C=O) groups excluding carboxylic acids is 1. The summed E-state index contributed by atoms with van der Waals surface area (Å²) in [5.74, 6) is -0.441. The van der Waals surface area contributed by atoms with Gasteiger partial charge in [0.05, 0.1) is 25.7 Å². The van der Waals surface area contributed by atoms with Crippen LogP contribution in [0, 0.1) is 0 Å². The van der Waals surface area contributed by atoms with Gasteiger partial charge in [-0.1, -0.05) is 5.16 Å². The number of carboxylic acids is 1. The summed E-state index contributed by atoms with van der Waals surface area (Å²) in [6.07, 6.45) is 2.64. The Kier molecular flexibility index (Phi) is 5.50. The fourth-order valence-corrected chi connectivity index (χ4v) is 2.08. The Balaban J connectivity index is 1.63. The first-order chi connectivity index (χ1) is 10.1. The van der Waals surface area contributed by atoms with Gasteiger partial charge in [-0.3, -0.25) is 4.79 Å². The molecule has 0 saturated carbocycles. The number of carboxylic acid groups (broad SMARTS) is 1. The molecule has 0 unspecified atom stereocenters. The minimum absolute atomic E-state index is 0.00536. The Bertz CT molecular complexity index is 456. The second-order valence-corrected chi connectivity index (χ2v) is 4.71. The highest BCUT2D eigenvalue weighted by atomic mass is 16.5. The van der Waals surface area contributed by atoms with E-state index in [2.05, 4.69) is 20.0 Å². The maximum absolute atomic E-state index is 11.9. The van der Waals surface area contributed by atoms with Crippen LogP contribution >= 0.6 is 0 Å². The molecule has 9 heteroatoms. The van der Waals surface area contributed by atoms with Gasteiger partial charge >= 0.3 is 12.0 Å². The number of aliphatic carboxylic acids is 1. The van der Waals surface area contributed by atoms with Crippen molar-refractivity contribution in [1.29, 1.82) is 0 Å². The summed E-state index contributed by atoms with van der Waals surface area (Å²) < 4.78 is 10.0. The Hall–Kier alpha value is -2.16. The maximum Gasteiger partial charge on any atom is 0.317 e. The highest BCUT2D eigenvalue weighted by Crippen LogP contribution is 2.14. The lowest BCUT2D eigenvalue weighted by atomic mass is 10.1. The van der Waals surface area contributed by atoms with Crippen LogP contribution in [0.5, 0.6) is 0 Å². The number of hydrogen-bond donors (Lipinski definition) is 2. The van der Waals surface area contributed by atoms with E-state index in [0.29, 0.717) is 31.8 Å². The Morgan fingerprint density at radius 1 is 1.48 bits per heavy atom. The van der Waals surface area contributed by atoms with E-state index in [1.165, 1.54) is 6.39 Å². The highest BCUT2D eigenvalue weighted by Gasteiger charge is 2.23. The molecule has 2 heterocycles. The number of carbonyl (C=O) groups is 2. The molecule has 2 amide bonds. The lowest BCUT2D eigenvalue weighted by Crippen LogP contribution is -2.45. The van der Waals surface area contributed by atoms with Crippen LogP contribution in [0.2, 0.25) is 0 Å². The third kappa shape index (κ3) is 5.03. The van der Waals surface area contributed by atoms with E-state index in [9.17, 15) is 9.59 Å². The number of likely N-dealkylation sites (tertiary alicyclic amines) is 1. The average molecular weight is 298 g/mol. The van der Waals surface area contributed by atoms with Crippen molar-refractivity contribution < 1.29 is 24.0 Å². The zero-order valence-electron chi connectivity index (χ0n) is 11.5. The number of aromatic nitrogens is 2.